The van der Waals surface area contributed by atoms with E-state index in [1.54, 1.807) is 0 Å². The lowest BCUT2D eigenvalue weighted by molar-refractivity contribution is -0.107. The summed E-state index contributed by atoms with van der Waals surface area (Å²) < 4.78 is 5.92. The first-order valence-electron chi connectivity index (χ1n) is 9.22. The van der Waals surface area contributed by atoms with Gasteiger partial charge in [-0.1, -0.05) is 36.4 Å². The molecule has 0 amide bonds. The van der Waals surface area contributed by atoms with Crippen LogP contribution in [-0.2, 0) is 17.8 Å². The highest BCUT2D eigenvalue weighted by atomic mass is 16.5. The highest BCUT2D eigenvalue weighted by Gasteiger charge is 2.04. The third-order valence-electron chi connectivity index (χ3n) is 4.64. The highest BCUT2D eigenvalue weighted by molar-refractivity contribution is 5.68. The molecular formula is C24H25NO2. The molecular weight excluding hydrogens is 334 g/mol. The van der Waals surface area contributed by atoms with Gasteiger partial charge in [0, 0.05) is 19.2 Å². The Kier molecular flexibility index (Phi) is 6.26. The number of hydrogen-bond donors (Lipinski definition) is 1. The van der Waals surface area contributed by atoms with Gasteiger partial charge < -0.3 is 14.8 Å². The predicted octanol–water partition coefficient (Wildman–Crippen LogP) is 5.41. The number of aldehydes is 1. The van der Waals surface area contributed by atoms with E-state index >= 15 is 0 Å². The molecule has 0 fully saturated rings. The summed E-state index contributed by atoms with van der Waals surface area (Å²) in [6, 6.07) is 22.8. The SMILES string of the molecule is CNc1ccc(-c2cccc(COc3ccc(CCC=O)cc3)c2)cc1C. The molecule has 0 saturated carbocycles. The first-order valence-corrected chi connectivity index (χ1v) is 9.22. The third kappa shape index (κ3) is 4.98. The van der Waals surface area contributed by atoms with Gasteiger partial charge in [0.15, 0.2) is 0 Å². The summed E-state index contributed by atoms with van der Waals surface area (Å²) in [6.45, 7) is 2.64. The summed E-state index contributed by atoms with van der Waals surface area (Å²) in [5, 5.41) is 3.20. The van der Waals surface area contributed by atoms with E-state index in [2.05, 4.69) is 54.7 Å². The van der Waals surface area contributed by atoms with Crippen molar-refractivity contribution >= 4 is 12.0 Å². The Balaban J connectivity index is 1.67. The molecule has 0 aliphatic heterocycles. The molecule has 3 rings (SSSR count). The van der Waals surface area contributed by atoms with E-state index in [-0.39, 0.29) is 0 Å². The Morgan fingerprint density at radius 1 is 0.926 bits per heavy atom. The van der Waals surface area contributed by atoms with E-state index in [4.69, 9.17) is 4.74 Å². The van der Waals surface area contributed by atoms with Gasteiger partial charge in [-0.3, -0.25) is 0 Å². The van der Waals surface area contributed by atoms with Crippen LogP contribution in [0.5, 0.6) is 5.75 Å². The Bertz CT molecular complexity index is 901. The number of benzene rings is 3. The first kappa shape index (κ1) is 18.7. The van der Waals surface area contributed by atoms with Crippen LogP contribution < -0.4 is 10.1 Å². The second-order valence-corrected chi connectivity index (χ2v) is 6.62. The van der Waals surface area contributed by atoms with Gasteiger partial charge in [-0.25, -0.2) is 0 Å². The predicted molar refractivity (Wildman–Crippen MR) is 111 cm³/mol. The van der Waals surface area contributed by atoms with Gasteiger partial charge in [0.05, 0.1) is 0 Å². The van der Waals surface area contributed by atoms with Crippen molar-refractivity contribution in [2.45, 2.75) is 26.4 Å². The average molecular weight is 359 g/mol. The maximum Gasteiger partial charge on any atom is 0.120 e. The lowest BCUT2D eigenvalue weighted by Gasteiger charge is -2.11. The second kappa shape index (κ2) is 9.04. The monoisotopic (exact) mass is 359 g/mol. The molecule has 138 valence electrons. The summed E-state index contributed by atoms with van der Waals surface area (Å²) in [7, 11) is 1.94. The minimum Gasteiger partial charge on any atom is -0.489 e. The fourth-order valence-corrected chi connectivity index (χ4v) is 3.11. The zero-order valence-corrected chi connectivity index (χ0v) is 15.9. The van der Waals surface area contributed by atoms with Crippen molar-refractivity contribution in [3.05, 3.63) is 83.4 Å². The van der Waals surface area contributed by atoms with Crippen molar-refractivity contribution in [1.29, 1.82) is 0 Å². The Hall–Kier alpha value is -3.07. The summed E-state index contributed by atoms with van der Waals surface area (Å²) >= 11 is 0. The molecule has 3 aromatic rings. The number of nitrogens with one attached hydrogen (secondary N) is 1. The minimum absolute atomic E-state index is 0.523. The largest absolute Gasteiger partial charge is 0.489 e. The van der Waals surface area contributed by atoms with Crippen LogP contribution >= 0.6 is 0 Å². The molecule has 0 radical (unpaired) electrons. The molecule has 0 saturated heterocycles. The quantitative estimate of drug-likeness (QED) is 0.546. The van der Waals surface area contributed by atoms with Crippen molar-refractivity contribution in [1.82, 2.24) is 0 Å². The number of ether oxygens (including phenoxy) is 1. The van der Waals surface area contributed by atoms with Crippen LogP contribution in [0.1, 0.15) is 23.1 Å². The van der Waals surface area contributed by atoms with Crippen LogP contribution in [0.3, 0.4) is 0 Å². The van der Waals surface area contributed by atoms with Crippen LogP contribution in [-0.4, -0.2) is 13.3 Å². The number of anilines is 1. The topological polar surface area (TPSA) is 38.3 Å². The van der Waals surface area contributed by atoms with Crippen molar-refractivity contribution in [3.63, 3.8) is 0 Å². The van der Waals surface area contributed by atoms with E-state index in [1.807, 2.05) is 31.3 Å². The maximum absolute atomic E-state index is 10.5. The van der Waals surface area contributed by atoms with Crippen molar-refractivity contribution < 1.29 is 9.53 Å². The molecule has 0 unspecified atom stereocenters. The van der Waals surface area contributed by atoms with E-state index in [0.717, 1.165) is 35.3 Å². The summed E-state index contributed by atoms with van der Waals surface area (Å²) in [5.74, 6) is 0.837. The molecule has 0 aliphatic rings. The zero-order valence-electron chi connectivity index (χ0n) is 15.9. The van der Waals surface area contributed by atoms with Crippen LogP contribution in [0, 0.1) is 6.92 Å². The summed E-state index contributed by atoms with van der Waals surface area (Å²) in [5.41, 5.74) is 7.05. The zero-order chi connectivity index (χ0) is 19.1. The van der Waals surface area contributed by atoms with Crippen LogP contribution in [0.2, 0.25) is 0 Å². The molecule has 0 aromatic heterocycles. The molecule has 27 heavy (non-hydrogen) atoms. The van der Waals surface area contributed by atoms with Gasteiger partial charge in [0.1, 0.15) is 18.6 Å². The normalized spacial score (nSPS) is 10.4. The number of carbonyl (C=O) groups excluding carboxylic acids is 1. The molecule has 1 N–H and O–H groups in total. The van der Waals surface area contributed by atoms with E-state index in [0.29, 0.717) is 13.0 Å². The standard InChI is InChI=1S/C24H25NO2/c1-18-15-22(10-13-24(18)25-2)21-7-3-5-20(16-21)17-27-23-11-8-19(9-12-23)6-4-14-26/h3,5,7-16,25H,4,6,17H2,1-2H3. The lowest BCUT2D eigenvalue weighted by Crippen LogP contribution is -1.96. The Labute approximate surface area is 161 Å². The third-order valence-corrected chi connectivity index (χ3v) is 4.64. The second-order valence-electron chi connectivity index (χ2n) is 6.62. The Morgan fingerprint density at radius 3 is 2.41 bits per heavy atom. The lowest BCUT2D eigenvalue weighted by atomic mass is 10.0. The van der Waals surface area contributed by atoms with Crippen molar-refractivity contribution in [2.24, 2.45) is 0 Å². The Morgan fingerprint density at radius 2 is 1.70 bits per heavy atom. The van der Waals surface area contributed by atoms with E-state index < -0.39 is 0 Å². The fourth-order valence-electron chi connectivity index (χ4n) is 3.11. The average Bonchev–Trinajstić information content (AvgIpc) is 2.71. The van der Waals surface area contributed by atoms with Crippen molar-refractivity contribution in [2.75, 3.05) is 12.4 Å². The van der Waals surface area contributed by atoms with Gasteiger partial charge in [0.25, 0.3) is 0 Å². The first-order chi connectivity index (χ1) is 13.2. The number of rotatable bonds is 8. The summed E-state index contributed by atoms with van der Waals surface area (Å²) in [4.78, 5) is 10.5. The smallest absolute Gasteiger partial charge is 0.120 e. The molecule has 0 spiro atoms. The summed E-state index contributed by atoms with van der Waals surface area (Å²) in [6.07, 6.45) is 2.28. The molecule has 3 heteroatoms. The minimum atomic E-state index is 0.523. The molecule has 0 atom stereocenters. The van der Waals surface area contributed by atoms with Gasteiger partial charge >= 0.3 is 0 Å². The molecule has 0 bridgehead atoms. The number of aryl methyl sites for hydroxylation is 2. The van der Waals surface area contributed by atoms with E-state index in [9.17, 15) is 4.79 Å². The highest BCUT2D eigenvalue weighted by Crippen LogP contribution is 2.26. The van der Waals surface area contributed by atoms with Crippen LogP contribution in [0.4, 0.5) is 5.69 Å². The van der Waals surface area contributed by atoms with Crippen molar-refractivity contribution in [3.8, 4) is 16.9 Å². The van der Waals surface area contributed by atoms with E-state index in [1.165, 1.54) is 16.7 Å². The molecule has 3 aromatic carbocycles. The van der Waals surface area contributed by atoms with Gasteiger partial charge in [-0.15, -0.1) is 0 Å². The molecule has 0 aliphatic carbocycles. The maximum atomic E-state index is 10.5. The molecule has 0 heterocycles. The van der Waals surface area contributed by atoms with Gasteiger partial charge in [-0.2, -0.15) is 0 Å². The van der Waals surface area contributed by atoms with Crippen LogP contribution in [0.25, 0.3) is 11.1 Å². The number of carbonyl (C=O) groups is 1. The van der Waals surface area contributed by atoms with Gasteiger partial charge in [0.2, 0.25) is 0 Å². The van der Waals surface area contributed by atoms with Crippen LogP contribution in [0.15, 0.2) is 66.7 Å². The fraction of sp³-hybridized carbons (Fsp3) is 0.208. The molecule has 3 nitrogen and oxygen atoms in total. The van der Waals surface area contributed by atoms with Gasteiger partial charge in [-0.05, 0) is 71.5 Å². The number of hydrogen-bond acceptors (Lipinski definition) is 3.